The van der Waals surface area contributed by atoms with Crippen LogP contribution in [0.15, 0.2) is 28.2 Å². The Labute approximate surface area is 153 Å². The van der Waals surface area contributed by atoms with Crippen molar-refractivity contribution in [3.63, 3.8) is 0 Å². The minimum Gasteiger partial charge on any atom is -0.453 e. The number of carbonyl (C=O) groups excluding carboxylic acids is 1. The molecule has 3 heterocycles. The van der Waals surface area contributed by atoms with Gasteiger partial charge < -0.3 is 9.30 Å². The minimum atomic E-state index is -0.643. The Morgan fingerprint density at radius 1 is 1.22 bits per heavy atom. The molecule has 1 N–H and O–H groups in total. The fourth-order valence-electron chi connectivity index (χ4n) is 2.80. The van der Waals surface area contributed by atoms with E-state index in [0.717, 1.165) is 12.8 Å². The first kappa shape index (κ1) is 18.5. The van der Waals surface area contributed by atoms with Crippen LogP contribution in [0.3, 0.4) is 0 Å². The Kier molecular flexibility index (Phi) is 5.43. The smallest absolute Gasteiger partial charge is 0.358 e. The number of H-pyrrole nitrogens is 1. The number of ether oxygens (including phenoxy) is 1. The van der Waals surface area contributed by atoms with Gasteiger partial charge in [0.05, 0.1) is 6.20 Å². The van der Waals surface area contributed by atoms with E-state index >= 15 is 0 Å². The molecular formula is C17H20N6O4. The molecule has 0 fully saturated rings. The van der Waals surface area contributed by atoms with Crippen molar-refractivity contribution in [2.24, 2.45) is 0 Å². The number of nitrogens with zero attached hydrogens (tertiary/aromatic N) is 5. The number of aryl methyl sites for hydroxylation is 2. The maximum atomic E-state index is 12.3. The van der Waals surface area contributed by atoms with Gasteiger partial charge in [-0.05, 0) is 13.3 Å². The van der Waals surface area contributed by atoms with Gasteiger partial charge in [0, 0.05) is 25.5 Å². The third kappa shape index (κ3) is 3.64. The van der Waals surface area contributed by atoms with Crippen LogP contribution < -0.4 is 11.2 Å². The average molecular weight is 372 g/mol. The van der Waals surface area contributed by atoms with Crippen LogP contribution in [0.2, 0.25) is 0 Å². The standard InChI is InChI=1S/C17H20N6O4/c1-3-5-8-23-14-13(15(24)21-17(23)26)22(4-2)12(20-14)10-27-16(25)11-9-18-6-7-19-11/h6-7,9H,3-5,8,10H2,1-2H3,(H,21,24,26). The van der Waals surface area contributed by atoms with E-state index in [2.05, 4.69) is 19.9 Å². The number of nitrogens with one attached hydrogen (secondary N) is 1. The van der Waals surface area contributed by atoms with Gasteiger partial charge in [0.2, 0.25) is 0 Å². The predicted octanol–water partition coefficient (Wildman–Crippen LogP) is 0.853. The number of fused-ring (bicyclic) bond motifs is 1. The van der Waals surface area contributed by atoms with Gasteiger partial charge in [0.15, 0.2) is 16.9 Å². The zero-order valence-electron chi connectivity index (χ0n) is 15.1. The highest BCUT2D eigenvalue weighted by Gasteiger charge is 2.19. The second-order valence-electron chi connectivity index (χ2n) is 5.88. The van der Waals surface area contributed by atoms with Gasteiger partial charge in [0.25, 0.3) is 5.56 Å². The maximum absolute atomic E-state index is 12.3. The molecule has 0 aliphatic heterocycles. The number of aromatic amines is 1. The summed E-state index contributed by atoms with van der Waals surface area (Å²) in [6, 6.07) is 0. The lowest BCUT2D eigenvalue weighted by Crippen LogP contribution is -2.31. The Morgan fingerprint density at radius 3 is 2.70 bits per heavy atom. The van der Waals surface area contributed by atoms with Crippen molar-refractivity contribution >= 4 is 17.1 Å². The molecule has 10 nitrogen and oxygen atoms in total. The molecule has 0 bridgehead atoms. The Bertz CT molecular complexity index is 1070. The molecule has 0 atom stereocenters. The Balaban J connectivity index is 1.98. The van der Waals surface area contributed by atoms with E-state index in [1.165, 1.54) is 23.2 Å². The van der Waals surface area contributed by atoms with Crippen LogP contribution in [0.5, 0.6) is 0 Å². The lowest BCUT2D eigenvalue weighted by atomic mass is 10.3. The molecule has 0 unspecified atom stereocenters. The topological polar surface area (TPSA) is 125 Å². The molecule has 0 spiro atoms. The summed E-state index contributed by atoms with van der Waals surface area (Å²) in [4.78, 5) is 51.0. The molecule has 0 aliphatic rings. The van der Waals surface area contributed by atoms with E-state index in [9.17, 15) is 14.4 Å². The number of unbranched alkanes of at least 4 members (excludes halogenated alkanes) is 1. The first-order chi connectivity index (χ1) is 13.1. The number of carbonyl (C=O) groups is 1. The molecule has 0 aliphatic carbocycles. The normalized spacial score (nSPS) is 11.0. The summed E-state index contributed by atoms with van der Waals surface area (Å²) in [7, 11) is 0. The fraction of sp³-hybridized carbons (Fsp3) is 0.412. The predicted molar refractivity (Wildman–Crippen MR) is 96.3 cm³/mol. The summed E-state index contributed by atoms with van der Waals surface area (Å²) >= 11 is 0. The van der Waals surface area contributed by atoms with E-state index in [0.29, 0.717) is 30.1 Å². The SMILES string of the molecule is CCCCn1c(=O)[nH]c(=O)c2c1nc(COC(=O)c1cnccn1)n2CC. The molecular weight excluding hydrogens is 352 g/mol. The Hall–Kier alpha value is -3.30. The van der Waals surface area contributed by atoms with E-state index in [1.807, 2.05) is 13.8 Å². The number of rotatable bonds is 7. The number of hydrogen-bond donors (Lipinski definition) is 1. The van der Waals surface area contributed by atoms with E-state index in [4.69, 9.17) is 4.74 Å². The lowest BCUT2D eigenvalue weighted by molar-refractivity contribution is 0.0451. The number of esters is 1. The van der Waals surface area contributed by atoms with Crippen molar-refractivity contribution in [3.8, 4) is 0 Å². The number of hydrogen-bond acceptors (Lipinski definition) is 7. The molecule has 0 radical (unpaired) electrons. The molecule has 3 aromatic rings. The van der Waals surface area contributed by atoms with Crippen LogP contribution in [0.4, 0.5) is 0 Å². The van der Waals surface area contributed by atoms with Gasteiger partial charge in [-0.2, -0.15) is 0 Å². The van der Waals surface area contributed by atoms with Crippen molar-refractivity contribution < 1.29 is 9.53 Å². The van der Waals surface area contributed by atoms with Crippen LogP contribution in [0, 0.1) is 0 Å². The lowest BCUT2D eigenvalue weighted by Gasteiger charge is -2.07. The quantitative estimate of drug-likeness (QED) is 0.610. The zero-order chi connectivity index (χ0) is 19.4. The van der Waals surface area contributed by atoms with Gasteiger partial charge in [-0.3, -0.25) is 19.3 Å². The van der Waals surface area contributed by atoms with Crippen LogP contribution in [-0.4, -0.2) is 35.0 Å². The summed E-state index contributed by atoms with van der Waals surface area (Å²) < 4.78 is 8.34. The first-order valence-electron chi connectivity index (χ1n) is 8.72. The van der Waals surface area contributed by atoms with E-state index in [1.54, 1.807) is 4.57 Å². The van der Waals surface area contributed by atoms with Crippen LogP contribution in [0.25, 0.3) is 11.2 Å². The maximum Gasteiger partial charge on any atom is 0.358 e. The van der Waals surface area contributed by atoms with Gasteiger partial charge in [-0.15, -0.1) is 0 Å². The summed E-state index contributed by atoms with van der Waals surface area (Å²) in [6.07, 6.45) is 5.82. The molecule has 0 saturated heterocycles. The molecule has 142 valence electrons. The molecule has 0 aromatic carbocycles. The Morgan fingerprint density at radius 2 is 2.04 bits per heavy atom. The largest absolute Gasteiger partial charge is 0.453 e. The van der Waals surface area contributed by atoms with Crippen molar-refractivity contribution in [3.05, 3.63) is 50.9 Å². The second kappa shape index (κ2) is 7.94. The molecule has 0 amide bonds. The van der Waals surface area contributed by atoms with Crippen LogP contribution >= 0.6 is 0 Å². The second-order valence-corrected chi connectivity index (χ2v) is 5.88. The van der Waals surface area contributed by atoms with E-state index in [-0.39, 0.29) is 12.3 Å². The monoisotopic (exact) mass is 372 g/mol. The average Bonchev–Trinajstić information content (AvgIpc) is 3.05. The van der Waals surface area contributed by atoms with Crippen LogP contribution in [0.1, 0.15) is 43.0 Å². The molecule has 3 rings (SSSR count). The minimum absolute atomic E-state index is 0.0781. The third-order valence-corrected chi connectivity index (χ3v) is 4.12. The molecule has 0 saturated carbocycles. The highest BCUT2D eigenvalue weighted by atomic mass is 16.5. The summed E-state index contributed by atoms with van der Waals surface area (Å²) in [5, 5.41) is 0. The van der Waals surface area contributed by atoms with Gasteiger partial charge in [-0.1, -0.05) is 13.3 Å². The van der Waals surface area contributed by atoms with Crippen LogP contribution in [-0.2, 0) is 24.4 Å². The van der Waals surface area contributed by atoms with E-state index < -0.39 is 17.2 Å². The number of aromatic nitrogens is 6. The number of imidazole rings is 1. The summed E-state index contributed by atoms with van der Waals surface area (Å²) in [5.41, 5.74) is -0.342. The van der Waals surface area contributed by atoms with Gasteiger partial charge >= 0.3 is 11.7 Å². The molecule has 27 heavy (non-hydrogen) atoms. The van der Waals surface area contributed by atoms with Gasteiger partial charge in [-0.25, -0.2) is 19.6 Å². The molecule has 10 heteroatoms. The highest BCUT2D eigenvalue weighted by Crippen LogP contribution is 2.13. The van der Waals surface area contributed by atoms with Crippen molar-refractivity contribution in [1.29, 1.82) is 0 Å². The third-order valence-electron chi connectivity index (χ3n) is 4.12. The highest BCUT2D eigenvalue weighted by molar-refractivity contribution is 5.86. The fourth-order valence-corrected chi connectivity index (χ4v) is 2.80. The van der Waals surface area contributed by atoms with Crippen molar-refractivity contribution in [1.82, 2.24) is 29.1 Å². The summed E-state index contributed by atoms with van der Waals surface area (Å²) in [5.74, 6) is -0.263. The summed E-state index contributed by atoms with van der Waals surface area (Å²) in [6.45, 7) is 4.58. The van der Waals surface area contributed by atoms with Crippen molar-refractivity contribution in [2.45, 2.75) is 46.4 Å². The first-order valence-corrected chi connectivity index (χ1v) is 8.72. The zero-order valence-corrected chi connectivity index (χ0v) is 15.1. The molecule has 3 aromatic heterocycles. The van der Waals surface area contributed by atoms with Crippen molar-refractivity contribution in [2.75, 3.05) is 0 Å². The van der Waals surface area contributed by atoms with Gasteiger partial charge in [0.1, 0.15) is 12.4 Å².